The smallest absolute Gasteiger partial charge is 0.150 e. The molecule has 0 radical (unpaired) electrons. The van der Waals surface area contributed by atoms with E-state index in [0.29, 0.717) is 0 Å². The number of ketones is 1. The van der Waals surface area contributed by atoms with E-state index in [2.05, 4.69) is 54.5 Å². The number of likely N-dealkylation sites (N-methyl/N-ethyl adjacent to an activating group) is 1. The van der Waals surface area contributed by atoms with E-state index in [1.807, 2.05) is 13.2 Å². The molecule has 114 valence electrons. The lowest BCUT2D eigenvalue weighted by atomic mass is 10.0. The van der Waals surface area contributed by atoms with Crippen LogP contribution in [-0.4, -0.2) is 23.4 Å². The van der Waals surface area contributed by atoms with Crippen molar-refractivity contribution in [2.45, 2.75) is 38.6 Å². The lowest BCUT2D eigenvalue weighted by molar-refractivity contribution is -0.119. The molecule has 2 atom stereocenters. The monoisotopic (exact) mass is 294 g/mol. The maximum absolute atomic E-state index is 11.8. The van der Waals surface area contributed by atoms with Crippen molar-refractivity contribution in [1.82, 2.24) is 10.3 Å². The Balaban J connectivity index is 1.87. The van der Waals surface area contributed by atoms with E-state index >= 15 is 0 Å². The number of carbonyl (C=O) groups excluding carboxylic acids is 1. The molecule has 0 amide bonds. The third kappa shape index (κ3) is 2.46. The lowest BCUT2D eigenvalue weighted by Gasteiger charge is -2.13. The molecule has 1 heterocycles. The van der Waals surface area contributed by atoms with Crippen LogP contribution in [0.5, 0.6) is 0 Å². The topological polar surface area (TPSA) is 42.0 Å². The van der Waals surface area contributed by atoms with Crippen molar-refractivity contribution in [3.8, 4) is 11.3 Å². The maximum Gasteiger partial charge on any atom is 0.150 e. The largest absolute Gasteiger partial charge is 0.307 e. The number of Topliss-reactive ketones (excluding diaryl/α,β-unsaturated/α-hetero) is 1. The number of nitrogens with zero attached hydrogens (tertiary/aromatic N) is 1. The van der Waals surface area contributed by atoms with E-state index in [4.69, 9.17) is 0 Å². The van der Waals surface area contributed by atoms with E-state index in [0.717, 1.165) is 23.2 Å². The summed E-state index contributed by atoms with van der Waals surface area (Å²) in [6.45, 7) is 5.86. The van der Waals surface area contributed by atoms with Crippen molar-refractivity contribution >= 4 is 5.78 Å². The van der Waals surface area contributed by atoms with Crippen LogP contribution in [0.3, 0.4) is 0 Å². The van der Waals surface area contributed by atoms with Crippen molar-refractivity contribution < 1.29 is 4.79 Å². The minimum atomic E-state index is -0.372. The van der Waals surface area contributed by atoms with Gasteiger partial charge in [-0.2, -0.15) is 0 Å². The van der Waals surface area contributed by atoms with Crippen LogP contribution in [-0.2, 0) is 4.79 Å². The number of carbonyl (C=O) groups is 1. The summed E-state index contributed by atoms with van der Waals surface area (Å²) in [6.07, 6.45) is 2.78. The van der Waals surface area contributed by atoms with Gasteiger partial charge in [0.25, 0.3) is 0 Å². The minimum Gasteiger partial charge on any atom is -0.307 e. The van der Waals surface area contributed by atoms with Crippen LogP contribution in [0, 0.1) is 13.8 Å². The first-order valence-corrected chi connectivity index (χ1v) is 7.71. The van der Waals surface area contributed by atoms with Crippen molar-refractivity contribution in [2.24, 2.45) is 0 Å². The van der Waals surface area contributed by atoms with Crippen LogP contribution in [0.2, 0.25) is 0 Å². The summed E-state index contributed by atoms with van der Waals surface area (Å²) >= 11 is 0. The number of hydrogen-bond donors (Lipinski definition) is 1. The molecule has 0 bridgehead atoms. The first-order valence-electron chi connectivity index (χ1n) is 7.71. The lowest BCUT2D eigenvalue weighted by Crippen LogP contribution is -2.36. The molecule has 0 spiro atoms. The number of aromatic nitrogens is 1. The van der Waals surface area contributed by atoms with Gasteiger partial charge >= 0.3 is 0 Å². The third-order valence-corrected chi connectivity index (χ3v) is 4.74. The summed E-state index contributed by atoms with van der Waals surface area (Å²) < 4.78 is 0. The Morgan fingerprint density at radius 3 is 2.36 bits per heavy atom. The normalized spacial score (nSPS) is 23.4. The molecule has 1 aromatic heterocycles. The molecule has 22 heavy (non-hydrogen) atoms. The minimum absolute atomic E-state index is 0.207. The molecule has 1 aliphatic rings. The predicted octanol–water partition coefficient (Wildman–Crippen LogP) is 3.40. The Hall–Kier alpha value is -2.00. The van der Waals surface area contributed by atoms with Crippen LogP contribution in [0.1, 0.15) is 36.0 Å². The second-order valence-electron chi connectivity index (χ2n) is 6.39. The maximum atomic E-state index is 11.8. The van der Waals surface area contributed by atoms with Gasteiger partial charge in [0.1, 0.15) is 5.78 Å². The average Bonchev–Trinajstić information content (AvgIpc) is 3.22. The van der Waals surface area contributed by atoms with E-state index in [1.165, 1.54) is 11.1 Å². The molecule has 3 nitrogen and oxygen atoms in total. The number of benzene rings is 1. The Kier molecular flexibility index (Phi) is 3.61. The van der Waals surface area contributed by atoms with Crippen molar-refractivity contribution in [1.29, 1.82) is 0 Å². The summed E-state index contributed by atoms with van der Waals surface area (Å²) in [7, 11) is 1.86. The Bertz CT molecular complexity index is 700. The molecule has 2 aromatic rings. The number of aryl methyl sites for hydroxylation is 2. The van der Waals surface area contributed by atoms with E-state index in [1.54, 1.807) is 6.92 Å². The molecule has 1 aliphatic carbocycles. The first-order chi connectivity index (χ1) is 10.5. The van der Waals surface area contributed by atoms with E-state index in [9.17, 15) is 4.79 Å². The van der Waals surface area contributed by atoms with Crippen LogP contribution in [0.25, 0.3) is 11.3 Å². The molecule has 1 fully saturated rings. The van der Waals surface area contributed by atoms with Crippen molar-refractivity contribution in [3.05, 3.63) is 53.2 Å². The van der Waals surface area contributed by atoms with Crippen molar-refractivity contribution in [2.75, 3.05) is 7.05 Å². The quantitative estimate of drug-likeness (QED) is 0.939. The van der Waals surface area contributed by atoms with Gasteiger partial charge in [-0.15, -0.1) is 0 Å². The van der Waals surface area contributed by atoms with Gasteiger partial charge in [-0.05, 0) is 58.0 Å². The molecular formula is C19H22N2O. The Morgan fingerprint density at radius 2 is 1.91 bits per heavy atom. The average molecular weight is 294 g/mol. The number of pyridine rings is 1. The van der Waals surface area contributed by atoms with Crippen molar-refractivity contribution in [3.63, 3.8) is 0 Å². The molecule has 1 N–H and O–H groups in total. The molecule has 3 rings (SSSR count). The Morgan fingerprint density at radius 1 is 1.23 bits per heavy atom. The van der Waals surface area contributed by atoms with Gasteiger partial charge in [-0.1, -0.05) is 23.3 Å². The zero-order valence-electron chi connectivity index (χ0n) is 13.6. The molecule has 1 saturated carbocycles. The highest BCUT2D eigenvalue weighted by molar-refractivity contribution is 5.91. The Labute approximate surface area is 131 Å². The third-order valence-electron chi connectivity index (χ3n) is 4.74. The standard InChI is InChI=1S/C19H22N2O/c1-12-7-13(2)9-16(8-12)18-6-5-15(11-21-18)17-10-19(17,20-4)14(3)22/h5-9,11,17,20H,10H2,1-4H3/t17-,19?/m0/s1. The summed E-state index contributed by atoms with van der Waals surface area (Å²) in [5, 5.41) is 3.18. The fourth-order valence-corrected chi connectivity index (χ4v) is 3.41. The molecule has 1 aromatic carbocycles. The van der Waals surface area contributed by atoms with Crippen LogP contribution in [0.15, 0.2) is 36.5 Å². The highest BCUT2D eigenvalue weighted by Gasteiger charge is 2.57. The summed E-state index contributed by atoms with van der Waals surface area (Å²) in [5.74, 6) is 0.453. The predicted molar refractivity (Wildman–Crippen MR) is 89.0 cm³/mol. The molecule has 3 heteroatoms. The van der Waals surface area contributed by atoms with Gasteiger partial charge in [0.05, 0.1) is 11.2 Å². The molecular weight excluding hydrogens is 272 g/mol. The van der Waals surface area contributed by atoms with Crippen LogP contribution in [0.4, 0.5) is 0 Å². The zero-order valence-corrected chi connectivity index (χ0v) is 13.6. The highest BCUT2D eigenvalue weighted by Crippen LogP contribution is 2.51. The van der Waals surface area contributed by atoms with E-state index < -0.39 is 0 Å². The summed E-state index contributed by atoms with van der Waals surface area (Å²) in [6, 6.07) is 10.6. The number of hydrogen-bond acceptors (Lipinski definition) is 3. The van der Waals surface area contributed by atoms with Crippen LogP contribution >= 0.6 is 0 Å². The van der Waals surface area contributed by atoms with Gasteiger partial charge in [0, 0.05) is 17.7 Å². The zero-order chi connectivity index (χ0) is 15.9. The van der Waals surface area contributed by atoms with Crippen LogP contribution < -0.4 is 5.32 Å². The number of rotatable bonds is 4. The van der Waals surface area contributed by atoms with Gasteiger partial charge in [-0.3, -0.25) is 9.78 Å². The van der Waals surface area contributed by atoms with E-state index in [-0.39, 0.29) is 17.2 Å². The second-order valence-corrected chi connectivity index (χ2v) is 6.39. The van der Waals surface area contributed by atoms with Gasteiger partial charge in [0.2, 0.25) is 0 Å². The first kappa shape index (κ1) is 14.9. The summed E-state index contributed by atoms with van der Waals surface area (Å²) in [5.41, 5.74) is 5.38. The highest BCUT2D eigenvalue weighted by atomic mass is 16.1. The second kappa shape index (κ2) is 5.33. The fourth-order valence-electron chi connectivity index (χ4n) is 3.41. The molecule has 1 unspecified atom stereocenters. The molecule has 0 aliphatic heterocycles. The van der Waals surface area contributed by atoms with Gasteiger partial charge in [0.15, 0.2) is 0 Å². The van der Waals surface area contributed by atoms with Gasteiger partial charge in [-0.25, -0.2) is 0 Å². The van der Waals surface area contributed by atoms with Gasteiger partial charge < -0.3 is 5.32 Å². The SMILES string of the molecule is CNC1(C(C)=O)C[C@H]1c1ccc(-c2cc(C)cc(C)c2)nc1. The fraction of sp³-hybridized carbons (Fsp3) is 0.368. The summed E-state index contributed by atoms with van der Waals surface area (Å²) in [4.78, 5) is 16.4. The number of nitrogens with one attached hydrogen (secondary N) is 1. The molecule has 0 saturated heterocycles.